The highest BCUT2D eigenvalue weighted by Gasteiger charge is 2.23. The third-order valence-electron chi connectivity index (χ3n) is 2.39. The van der Waals surface area contributed by atoms with Gasteiger partial charge in [-0.1, -0.05) is 25.4 Å². The summed E-state index contributed by atoms with van der Waals surface area (Å²) in [6, 6.07) is 3.86. The fourth-order valence-electron chi connectivity index (χ4n) is 1.37. The van der Waals surface area contributed by atoms with Crippen molar-refractivity contribution >= 4 is 17.5 Å². The Bertz CT molecular complexity index is 373. The van der Waals surface area contributed by atoms with Crippen LogP contribution in [0.25, 0.3) is 0 Å². The van der Waals surface area contributed by atoms with Crippen molar-refractivity contribution in [3.8, 4) is 0 Å². The Labute approximate surface area is 94.1 Å². The van der Waals surface area contributed by atoms with Gasteiger partial charge < -0.3 is 4.74 Å². The molecule has 2 rings (SSSR count). The zero-order valence-electron chi connectivity index (χ0n) is 8.77. The van der Waals surface area contributed by atoms with Crippen molar-refractivity contribution in [3.63, 3.8) is 0 Å². The normalized spacial score (nSPS) is 20.3. The summed E-state index contributed by atoms with van der Waals surface area (Å²) in [7, 11) is 0. The Kier molecular flexibility index (Phi) is 2.91. The van der Waals surface area contributed by atoms with Crippen molar-refractivity contribution < 1.29 is 4.74 Å². The van der Waals surface area contributed by atoms with Crippen LogP contribution in [0, 0.1) is 5.92 Å². The van der Waals surface area contributed by atoms with Crippen molar-refractivity contribution in [2.45, 2.75) is 19.9 Å². The third-order valence-corrected chi connectivity index (χ3v) is 2.61. The van der Waals surface area contributed by atoms with Crippen LogP contribution >= 0.6 is 11.6 Å². The number of pyridine rings is 1. The second-order valence-electron chi connectivity index (χ2n) is 3.92. The fraction of sp³-hybridized carbons (Fsp3) is 0.455. The van der Waals surface area contributed by atoms with Crippen molar-refractivity contribution in [1.29, 1.82) is 0 Å². The van der Waals surface area contributed by atoms with E-state index in [0.29, 0.717) is 23.4 Å². The number of aliphatic imine (C=N–C) groups is 1. The summed E-state index contributed by atoms with van der Waals surface area (Å²) in [5.41, 5.74) is 0.752. The molecule has 1 aromatic rings. The molecule has 0 saturated carbocycles. The van der Waals surface area contributed by atoms with Gasteiger partial charge in [-0.25, -0.2) is 9.98 Å². The molecule has 1 aliphatic heterocycles. The average Bonchev–Trinajstić information content (AvgIpc) is 2.68. The first-order chi connectivity index (χ1) is 7.16. The zero-order valence-corrected chi connectivity index (χ0v) is 9.53. The lowest BCUT2D eigenvalue weighted by molar-refractivity contribution is 0.291. The maximum Gasteiger partial charge on any atom is 0.235 e. The Balaban J connectivity index is 2.19. The van der Waals surface area contributed by atoms with E-state index in [2.05, 4.69) is 23.8 Å². The number of halogens is 1. The van der Waals surface area contributed by atoms with Gasteiger partial charge >= 0.3 is 0 Å². The molecule has 0 aromatic carbocycles. The Hall–Kier alpha value is -1.09. The lowest BCUT2D eigenvalue weighted by Gasteiger charge is -2.06. The lowest BCUT2D eigenvalue weighted by Crippen LogP contribution is -2.13. The quantitative estimate of drug-likeness (QED) is 0.774. The van der Waals surface area contributed by atoms with Crippen molar-refractivity contribution in [1.82, 2.24) is 4.98 Å². The predicted molar refractivity (Wildman–Crippen MR) is 60.4 cm³/mol. The molecule has 1 aromatic heterocycles. The molecule has 1 atom stereocenters. The van der Waals surface area contributed by atoms with Crippen LogP contribution in [0.2, 0.25) is 5.02 Å². The topological polar surface area (TPSA) is 34.5 Å². The van der Waals surface area contributed by atoms with E-state index in [0.717, 1.165) is 5.69 Å². The second kappa shape index (κ2) is 4.19. The first-order valence-electron chi connectivity index (χ1n) is 4.99. The molecule has 0 unspecified atom stereocenters. The van der Waals surface area contributed by atoms with E-state index in [4.69, 9.17) is 16.3 Å². The average molecular weight is 225 g/mol. The first kappa shape index (κ1) is 10.4. The van der Waals surface area contributed by atoms with Crippen LogP contribution in [-0.2, 0) is 4.74 Å². The monoisotopic (exact) mass is 224 g/mol. The Morgan fingerprint density at radius 2 is 2.27 bits per heavy atom. The number of nitrogens with zero attached hydrogens (tertiary/aromatic N) is 2. The van der Waals surface area contributed by atoms with E-state index >= 15 is 0 Å². The summed E-state index contributed by atoms with van der Waals surface area (Å²) < 4.78 is 5.50. The molecule has 2 heterocycles. The predicted octanol–water partition coefficient (Wildman–Crippen LogP) is 2.54. The van der Waals surface area contributed by atoms with Gasteiger partial charge in [-0.3, -0.25) is 0 Å². The zero-order chi connectivity index (χ0) is 10.8. The maximum atomic E-state index is 5.75. The standard InChI is InChI=1S/C11H13ClN2O/c1-7(2)10-6-15-11(14-10)9-4-3-8(12)5-13-9/h3-5,7,10H,6H2,1-2H3/t10-/m0/s1. The first-order valence-corrected chi connectivity index (χ1v) is 5.37. The molecule has 0 radical (unpaired) electrons. The molecular formula is C11H13ClN2O. The molecule has 0 saturated heterocycles. The summed E-state index contributed by atoms with van der Waals surface area (Å²) in [5, 5.41) is 0.623. The molecule has 15 heavy (non-hydrogen) atoms. The van der Waals surface area contributed by atoms with Gasteiger partial charge in [-0.05, 0) is 18.1 Å². The molecular weight excluding hydrogens is 212 g/mol. The van der Waals surface area contributed by atoms with Crippen LogP contribution in [0.4, 0.5) is 0 Å². The smallest absolute Gasteiger partial charge is 0.235 e. The Morgan fingerprint density at radius 3 is 2.80 bits per heavy atom. The molecule has 0 bridgehead atoms. The minimum Gasteiger partial charge on any atom is -0.474 e. The minimum absolute atomic E-state index is 0.248. The summed E-state index contributed by atoms with van der Waals surface area (Å²) >= 11 is 5.75. The van der Waals surface area contributed by atoms with E-state index < -0.39 is 0 Å². The summed E-state index contributed by atoms with van der Waals surface area (Å²) in [4.78, 5) is 8.64. The molecule has 1 aliphatic rings. The molecule has 0 N–H and O–H groups in total. The van der Waals surface area contributed by atoms with Gasteiger partial charge in [0.1, 0.15) is 12.3 Å². The maximum absolute atomic E-state index is 5.75. The largest absolute Gasteiger partial charge is 0.474 e. The number of hydrogen-bond acceptors (Lipinski definition) is 3. The number of ether oxygens (including phenoxy) is 1. The van der Waals surface area contributed by atoms with Gasteiger partial charge in [0, 0.05) is 6.20 Å². The fourth-order valence-corrected chi connectivity index (χ4v) is 1.49. The number of aromatic nitrogens is 1. The minimum atomic E-state index is 0.248. The van der Waals surface area contributed by atoms with Crippen LogP contribution in [0.3, 0.4) is 0 Å². The van der Waals surface area contributed by atoms with E-state index in [-0.39, 0.29) is 6.04 Å². The van der Waals surface area contributed by atoms with Gasteiger partial charge in [0.25, 0.3) is 0 Å². The molecule has 0 amide bonds. The summed E-state index contributed by atoms with van der Waals surface area (Å²) in [6.07, 6.45) is 1.60. The molecule has 4 heteroatoms. The van der Waals surface area contributed by atoms with Gasteiger partial charge in [0.05, 0.1) is 11.1 Å². The van der Waals surface area contributed by atoms with Crippen molar-refractivity contribution in [2.24, 2.45) is 10.9 Å². The van der Waals surface area contributed by atoms with E-state index in [1.165, 1.54) is 0 Å². The van der Waals surface area contributed by atoms with E-state index in [1.54, 1.807) is 12.3 Å². The number of hydrogen-bond donors (Lipinski definition) is 0. The van der Waals surface area contributed by atoms with Gasteiger partial charge in [-0.15, -0.1) is 0 Å². The molecule has 0 spiro atoms. The van der Waals surface area contributed by atoms with Crippen LogP contribution in [0.1, 0.15) is 19.5 Å². The van der Waals surface area contributed by atoms with Gasteiger partial charge in [0.2, 0.25) is 5.90 Å². The van der Waals surface area contributed by atoms with E-state index in [9.17, 15) is 0 Å². The highest BCUT2D eigenvalue weighted by Crippen LogP contribution is 2.17. The second-order valence-corrected chi connectivity index (χ2v) is 4.35. The highest BCUT2D eigenvalue weighted by molar-refractivity contribution is 6.30. The van der Waals surface area contributed by atoms with E-state index in [1.807, 2.05) is 6.07 Å². The molecule has 0 aliphatic carbocycles. The van der Waals surface area contributed by atoms with Crippen LogP contribution in [0.5, 0.6) is 0 Å². The molecule has 0 fully saturated rings. The van der Waals surface area contributed by atoms with Crippen molar-refractivity contribution in [3.05, 3.63) is 29.0 Å². The van der Waals surface area contributed by atoms with Crippen molar-refractivity contribution in [2.75, 3.05) is 6.61 Å². The van der Waals surface area contributed by atoms with Crippen LogP contribution in [0.15, 0.2) is 23.3 Å². The molecule has 3 nitrogen and oxygen atoms in total. The van der Waals surface area contributed by atoms with Gasteiger partial charge in [0.15, 0.2) is 0 Å². The Morgan fingerprint density at radius 1 is 1.47 bits per heavy atom. The SMILES string of the molecule is CC(C)[C@@H]1COC(c2ccc(Cl)cn2)=N1. The highest BCUT2D eigenvalue weighted by atomic mass is 35.5. The molecule has 80 valence electrons. The lowest BCUT2D eigenvalue weighted by atomic mass is 10.1. The van der Waals surface area contributed by atoms with Crippen LogP contribution in [-0.4, -0.2) is 23.5 Å². The summed E-state index contributed by atoms with van der Waals surface area (Å²) in [5.74, 6) is 1.13. The van der Waals surface area contributed by atoms with Crippen LogP contribution < -0.4 is 0 Å². The number of rotatable bonds is 2. The third kappa shape index (κ3) is 2.29. The summed E-state index contributed by atoms with van der Waals surface area (Å²) in [6.45, 7) is 4.92. The van der Waals surface area contributed by atoms with Gasteiger partial charge in [-0.2, -0.15) is 0 Å².